The Balaban J connectivity index is 1.35. The number of carboxylic acid groups (broad SMARTS) is 2. The molecule has 0 aliphatic carbocycles. The van der Waals surface area contributed by atoms with Crippen LogP contribution in [0.4, 0.5) is 0 Å². The number of hydrogen-bond donors (Lipinski definition) is 4. The number of aromatic amines is 2. The largest absolute Gasteiger partial charge is 0.476 e. The minimum Gasteiger partial charge on any atom is -0.476 e. The van der Waals surface area contributed by atoms with Crippen molar-refractivity contribution in [1.82, 2.24) is 30.8 Å². The molecule has 0 saturated heterocycles. The quantitative estimate of drug-likeness (QED) is 0.198. The van der Waals surface area contributed by atoms with Crippen LogP contribution in [0.25, 0.3) is 0 Å². The van der Waals surface area contributed by atoms with E-state index >= 15 is 0 Å². The van der Waals surface area contributed by atoms with Gasteiger partial charge >= 0.3 is 11.9 Å². The molecule has 2 aromatic carbocycles. The van der Waals surface area contributed by atoms with Crippen molar-refractivity contribution in [2.75, 3.05) is 0 Å². The molecule has 4 N–H and O–H groups in total. The molecule has 214 valence electrons. The standard InChI is InChI=1S/C30H28N6O6/c1-29(2,14-12-19-8-10-21(11-9-19)41-25-23(27(37)38)31-35-33-25)16-17-30(3,4)15-13-20-6-5-7-22(18-20)42-26-24(28(39)40)32-36-34-26/h5-11,18H,16-17H2,1-4H3,(H,37,38)(H,39,40)(H,31,33,35)(H,32,34,36). The molecule has 0 bridgehead atoms. The van der Waals surface area contributed by atoms with Crippen LogP contribution in [0.5, 0.6) is 23.3 Å². The maximum absolute atomic E-state index is 11.2. The summed E-state index contributed by atoms with van der Waals surface area (Å²) in [5.41, 5.74) is 0.468. The van der Waals surface area contributed by atoms with Gasteiger partial charge in [0.2, 0.25) is 11.4 Å². The van der Waals surface area contributed by atoms with Crippen molar-refractivity contribution in [3.8, 4) is 46.9 Å². The molecule has 0 aliphatic rings. The molecule has 0 aliphatic heterocycles. The number of nitrogens with zero attached hydrogens (tertiary/aromatic N) is 4. The Morgan fingerprint density at radius 3 is 1.76 bits per heavy atom. The summed E-state index contributed by atoms with van der Waals surface area (Å²) in [5, 5.41) is 37.1. The molecule has 0 saturated carbocycles. The second-order valence-electron chi connectivity index (χ2n) is 10.6. The maximum Gasteiger partial charge on any atom is 0.359 e. The number of carboxylic acids is 2. The van der Waals surface area contributed by atoms with E-state index in [1.807, 2.05) is 6.07 Å². The smallest absolute Gasteiger partial charge is 0.359 e. The molecule has 0 radical (unpaired) electrons. The summed E-state index contributed by atoms with van der Waals surface area (Å²) in [6, 6.07) is 14.0. The molecular weight excluding hydrogens is 540 g/mol. The van der Waals surface area contributed by atoms with Gasteiger partial charge in [0.15, 0.2) is 0 Å². The zero-order chi connectivity index (χ0) is 30.3. The number of rotatable bonds is 9. The molecule has 0 amide bonds. The normalized spacial score (nSPS) is 11.0. The fourth-order valence-corrected chi connectivity index (χ4v) is 3.56. The van der Waals surface area contributed by atoms with E-state index in [9.17, 15) is 14.7 Å². The Labute approximate surface area is 241 Å². The number of carbonyl (C=O) groups is 2. The van der Waals surface area contributed by atoms with Crippen molar-refractivity contribution in [1.29, 1.82) is 0 Å². The molecule has 2 heterocycles. The molecule has 12 heteroatoms. The summed E-state index contributed by atoms with van der Waals surface area (Å²) >= 11 is 0. The van der Waals surface area contributed by atoms with E-state index in [1.54, 1.807) is 42.5 Å². The first-order chi connectivity index (χ1) is 19.9. The van der Waals surface area contributed by atoms with Crippen LogP contribution in [0.1, 0.15) is 72.6 Å². The predicted octanol–water partition coefficient (Wildman–Crippen LogP) is 5.14. The van der Waals surface area contributed by atoms with Crippen LogP contribution < -0.4 is 9.47 Å². The summed E-state index contributed by atoms with van der Waals surface area (Å²) in [6.07, 6.45) is 1.61. The van der Waals surface area contributed by atoms with E-state index in [0.717, 1.165) is 24.0 Å². The number of aromatic carboxylic acids is 2. The molecule has 0 unspecified atom stereocenters. The number of ether oxygens (including phenoxy) is 2. The molecule has 0 atom stereocenters. The fourth-order valence-electron chi connectivity index (χ4n) is 3.56. The van der Waals surface area contributed by atoms with Crippen LogP contribution in [0, 0.1) is 34.5 Å². The number of nitrogens with one attached hydrogen (secondary N) is 2. The van der Waals surface area contributed by atoms with E-state index in [2.05, 4.69) is 82.2 Å². The molecule has 12 nitrogen and oxygen atoms in total. The first-order valence-corrected chi connectivity index (χ1v) is 12.8. The molecule has 0 spiro atoms. The summed E-state index contributed by atoms with van der Waals surface area (Å²) in [6.45, 7) is 8.30. The third-order valence-corrected chi connectivity index (χ3v) is 6.04. The van der Waals surface area contributed by atoms with Crippen molar-refractivity contribution in [3.63, 3.8) is 0 Å². The van der Waals surface area contributed by atoms with Gasteiger partial charge in [0.1, 0.15) is 11.5 Å². The SMILES string of the molecule is CC(C)(C#Cc1ccc(Oc2nn[nH]c2C(=O)O)cc1)CCC(C)(C)C#Cc1cccc(Oc2nn[nH]c2C(=O)O)c1. The highest BCUT2D eigenvalue weighted by molar-refractivity contribution is 5.88. The van der Waals surface area contributed by atoms with Crippen molar-refractivity contribution in [2.45, 2.75) is 40.5 Å². The van der Waals surface area contributed by atoms with Crippen LogP contribution >= 0.6 is 0 Å². The van der Waals surface area contributed by atoms with E-state index in [1.165, 1.54) is 0 Å². The number of hydrogen-bond acceptors (Lipinski definition) is 8. The Morgan fingerprint density at radius 2 is 1.24 bits per heavy atom. The van der Waals surface area contributed by atoms with E-state index in [0.29, 0.717) is 11.5 Å². The first kappa shape index (κ1) is 29.4. The third-order valence-electron chi connectivity index (χ3n) is 6.04. The van der Waals surface area contributed by atoms with E-state index in [4.69, 9.17) is 14.6 Å². The Kier molecular flexibility index (Phi) is 8.58. The van der Waals surface area contributed by atoms with Gasteiger partial charge in [-0.15, -0.1) is 0 Å². The van der Waals surface area contributed by atoms with Crippen LogP contribution in [0.2, 0.25) is 0 Å². The van der Waals surface area contributed by atoms with Gasteiger partial charge in [0.25, 0.3) is 11.8 Å². The van der Waals surface area contributed by atoms with Crippen LogP contribution in [0.15, 0.2) is 48.5 Å². The lowest BCUT2D eigenvalue weighted by Gasteiger charge is -2.24. The van der Waals surface area contributed by atoms with Crippen molar-refractivity contribution in [3.05, 3.63) is 71.0 Å². The van der Waals surface area contributed by atoms with Crippen LogP contribution in [0.3, 0.4) is 0 Å². The van der Waals surface area contributed by atoms with Gasteiger partial charge in [-0.3, -0.25) is 0 Å². The predicted molar refractivity (Wildman–Crippen MR) is 150 cm³/mol. The number of aromatic nitrogens is 6. The van der Waals surface area contributed by atoms with Gasteiger partial charge in [-0.2, -0.15) is 0 Å². The summed E-state index contributed by atoms with van der Waals surface area (Å²) in [4.78, 5) is 22.4. The van der Waals surface area contributed by atoms with Gasteiger partial charge in [0.05, 0.1) is 0 Å². The van der Waals surface area contributed by atoms with Gasteiger partial charge in [-0.1, -0.05) is 50.4 Å². The highest BCUT2D eigenvalue weighted by Gasteiger charge is 2.22. The number of benzene rings is 2. The minimum absolute atomic E-state index is 0.116. The molecule has 0 fully saturated rings. The van der Waals surface area contributed by atoms with Gasteiger partial charge in [-0.05, 0) is 83.0 Å². The topological polar surface area (TPSA) is 176 Å². The average Bonchev–Trinajstić information content (AvgIpc) is 3.61. The number of H-pyrrole nitrogens is 2. The van der Waals surface area contributed by atoms with Gasteiger partial charge < -0.3 is 19.7 Å². The molecule has 42 heavy (non-hydrogen) atoms. The third kappa shape index (κ3) is 7.96. The molecular formula is C30H28N6O6. The zero-order valence-electron chi connectivity index (χ0n) is 23.3. The van der Waals surface area contributed by atoms with Crippen molar-refractivity contribution >= 4 is 11.9 Å². The van der Waals surface area contributed by atoms with E-state index in [-0.39, 0.29) is 34.0 Å². The monoisotopic (exact) mass is 568 g/mol. The van der Waals surface area contributed by atoms with Crippen molar-refractivity contribution < 1.29 is 29.3 Å². The van der Waals surface area contributed by atoms with Crippen molar-refractivity contribution in [2.24, 2.45) is 10.8 Å². The fraction of sp³-hybridized carbons (Fsp3) is 0.267. The second kappa shape index (κ2) is 12.3. The van der Waals surface area contributed by atoms with Crippen LogP contribution in [-0.4, -0.2) is 53.0 Å². The maximum atomic E-state index is 11.2. The summed E-state index contributed by atoms with van der Waals surface area (Å²) in [7, 11) is 0. The molecule has 4 rings (SSSR count). The summed E-state index contributed by atoms with van der Waals surface area (Å²) in [5.74, 6) is 11.2. The van der Waals surface area contributed by atoms with Crippen LogP contribution in [-0.2, 0) is 0 Å². The highest BCUT2D eigenvalue weighted by Crippen LogP contribution is 2.31. The molecule has 4 aromatic rings. The van der Waals surface area contributed by atoms with E-state index < -0.39 is 11.9 Å². The zero-order valence-corrected chi connectivity index (χ0v) is 23.3. The average molecular weight is 569 g/mol. The lowest BCUT2D eigenvalue weighted by molar-refractivity contribution is 0.0676. The lowest BCUT2D eigenvalue weighted by Crippen LogP contribution is -2.15. The lowest BCUT2D eigenvalue weighted by atomic mass is 9.79. The van der Waals surface area contributed by atoms with Gasteiger partial charge in [0, 0.05) is 22.0 Å². The Hall–Kier alpha value is -5.62. The summed E-state index contributed by atoms with van der Waals surface area (Å²) < 4.78 is 11.1. The van der Waals surface area contributed by atoms with Gasteiger partial charge in [-0.25, -0.2) is 19.8 Å². The second-order valence-corrected chi connectivity index (χ2v) is 10.6. The Bertz CT molecular complexity index is 1710. The Morgan fingerprint density at radius 1 is 0.738 bits per heavy atom. The first-order valence-electron chi connectivity index (χ1n) is 12.8. The highest BCUT2D eigenvalue weighted by atomic mass is 16.5. The molecule has 2 aromatic heterocycles. The minimum atomic E-state index is -1.22.